The van der Waals surface area contributed by atoms with Crippen molar-refractivity contribution in [1.82, 2.24) is 9.47 Å². The van der Waals surface area contributed by atoms with Gasteiger partial charge in [-0.3, -0.25) is 4.79 Å². The summed E-state index contributed by atoms with van der Waals surface area (Å²) in [7, 11) is 1.46. The molecule has 0 bridgehead atoms. The quantitative estimate of drug-likeness (QED) is 0.591. The second-order valence-corrected chi connectivity index (χ2v) is 8.05. The molecule has 3 aromatic rings. The molecule has 1 spiro atoms. The minimum absolute atomic E-state index is 0.0526. The lowest BCUT2D eigenvalue weighted by Gasteiger charge is -2.45. The van der Waals surface area contributed by atoms with E-state index in [0.29, 0.717) is 36.7 Å². The van der Waals surface area contributed by atoms with Gasteiger partial charge in [0.15, 0.2) is 5.60 Å². The maximum absolute atomic E-state index is 14.4. The highest BCUT2D eigenvalue weighted by Crippen LogP contribution is 2.45. The molecule has 154 valence electrons. The fourth-order valence-electron chi connectivity index (χ4n) is 4.39. The van der Waals surface area contributed by atoms with Crippen molar-refractivity contribution in [1.29, 1.82) is 0 Å². The first kappa shape index (κ1) is 19.0. The third-order valence-corrected chi connectivity index (χ3v) is 6.20. The molecular formula is C23H20ClFN2O3. The van der Waals surface area contributed by atoms with Gasteiger partial charge in [0.05, 0.1) is 24.1 Å². The molecular weight excluding hydrogens is 407 g/mol. The number of piperidine rings is 1. The molecule has 1 amide bonds. The molecule has 2 aliphatic heterocycles. The second-order valence-electron chi connectivity index (χ2n) is 7.61. The van der Waals surface area contributed by atoms with E-state index in [0.717, 1.165) is 17.1 Å². The van der Waals surface area contributed by atoms with Crippen LogP contribution in [0.1, 0.15) is 28.9 Å². The van der Waals surface area contributed by atoms with Gasteiger partial charge >= 0.3 is 0 Å². The van der Waals surface area contributed by atoms with E-state index in [1.54, 1.807) is 11.0 Å². The van der Waals surface area contributed by atoms with Crippen LogP contribution in [0.3, 0.4) is 0 Å². The Hall–Kier alpha value is -2.99. The molecule has 0 aliphatic carbocycles. The molecule has 5 nitrogen and oxygen atoms in total. The third kappa shape index (κ3) is 2.94. The van der Waals surface area contributed by atoms with E-state index < -0.39 is 11.4 Å². The average molecular weight is 427 g/mol. The first-order valence-electron chi connectivity index (χ1n) is 9.80. The van der Waals surface area contributed by atoms with Crippen molar-refractivity contribution in [3.8, 4) is 17.2 Å². The smallest absolute Gasteiger partial charge is 0.256 e. The van der Waals surface area contributed by atoms with Crippen LogP contribution in [0.5, 0.6) is 11.5 Å². The van der Waals surface area contributed by atoms with Gasteiger partial charge in [0.1, 0.15) is 17.3 Å². The fraction of sp³-hybridized carbons (Fsp3) is 0.261. The number of hydrogen-bond acceptors (Lipinski definition) is 3. The van der Waals surface area contributed by atoms with Gasteiger partial charge in [-0.25, -0.2) is 4.39 Å². The summed E-state index contributed by atoms with van der Waals surface area (Å²) >= 11 is 6.19. The van der Waals surface area contributed by atoms with Crippen molar-refractivity contribution in [3.05, 3.63) is 76.8 Å². The summed E-state index contributed by atoms with van der Waals surface area (Å²) in [6, 6.07) is 14.0. The van der Waals surface area contributed by atoms with Crippen LogP contribution in [0.15, 0.2) is 54.7 Å². The largest absolute Gasteiger partial charge is 0.497 e. The third-order valence-electron chi connectivity index (χ3n) is 5.97. The van der Waals surface area contributed by atoms with Gasteiger partial charge in [0, 0.05) is 49.3 Å². The molecule has 0 atom stereocenters. The number of hydrogen-bond donors (Lipinski definition) is 0. The zero-order valence-electron chi connectivity index (χ0n) is 16.4. The van der Waals surface area contributed by atoms with E-state index in [1.807, 2.05) is 30.5 Å². The normalized spacial score (nSPS) is 16.6. The maximum Gasteiger partial charge on any atom is 0.256 e. The highest BCUT2D eigenvalue weighted by Gasteiger charge is 2.44. The van der Waals surface area contributed by atoms with E-state index in [9.17, 15) is 9.18 Å². The van der Waals surface area contributed by atoms with Crippen LogP contribution >= 0.6 is 11.6 Å². The molecule has 2 aliphatic rings. The number of ether oxygens (including phenoxy) is 2. The molecule has 1 aromatic heterocycles. The number of rotatable bonds is 2. The van der Waals surface area contributed by atoms with E-state index in [-0.39, 0.29) is 11.5 Å². The van der Waals surface area contributed by atoms with Crippen LogP contribution in [-0.4, -0.2) is 35.6 Å². The van der Waals surface area contributed by atoms with Crippen molar-refractivity contribution in [2.24, 2.45) is 0 Å². The van der Waals surface area contributed by atoms with E-state index in [2.05, 4.69) is 10.6 Å². The summed E-state index contributed by atoms with van der Waals surface area (Å²) in [6.45, 7) is 0.927. The topological polar surface area (TPSA) is 43.7 Å². The lowest BCUT2D eigenvalue weighted by molar-refractivity contribution is -0.00940. The standard InChI is InChI=1S/C23H20ClFN2O3/c1-29-16-5-6-17(18(25)14-16)22(28)26-11-8-23(9-12-26)21-3-2-10-27(21)19-7-4-15(24)13-20(19)30-23/h2-7,10,13-14H,8-9,11-12H2,1H3. The highest BCUT2D eigenvalue weighted by atomic mass is 35.5. The Labute approximate surface area is 178 Å². The van der Waals surface area contributed by atoms with Gasteiger partial charge in [-0.1, -0.05) is 11.6 Å². The Morgan fingerprint density at radius 1 is 1.17 bits per heavy atom. The minimum atomic E-state index is -0.578. The van der Waals surface area contributed by atoms with E-state index in [1.165, 1.54) is 19.2 Å². The summed E-state index contributed by atoms with van der Waals surface area (Å²) < 4.78 is 28.0. The number of methoxy groups -OCH3 is 1. The lowest BCUT2D eigenvalue weighted by atomic mass is 9.86. The van der Waals surface area contributed by atoms with Crippen molar-refractivity contribution < 1.29 is 18.7 Å². The molecule has 5 rings (SSSR count). The van der Waals surface area contributed by atoms with Gasteiger partial charge in [-0.15, -0.1) is 0 Å². The second kappa shape index (κ2) is 7.06. The molecule has 1 fully saturated rings. The van der Waals surface area contributed by atoms with Gasteiger partial charge in [-0.2, -0.15) is 0 Å². The Balaban J connectivity index is 1.40. The average Bonchev–Trinajstić information content (AvgIpc) is 3.25. The SMILES string of the molecule is COc1ccc(C(=O)N2CCC3(CC2)Oc2cc(Cl)ccc2-n2cccc23)c(F)c1. The number of nitrogens with zero attached hydrogens (tertiary/aromatic N) is 2. The van der Waals surface area contributed by atoms with Crippen LogP contribution in [0, 0.1) is 5.82 Å². The monoisotopic (exact) mass is 426 g/mol. The zero-order chi connectivity index (χ0) is 20.9. The number of carbonyl (C=O) groups excluding carboxylic acids is 1. The van der Waals surface area contributed by atoms with Crippen LogP contribution in [0.4, 0.5) is 4.39 Å². The van der Waals surface area contributed by atoms with Crippen molar-refractivity contribution in [2.75, 3.05) is 20.2 Å². The predicted molar refractivity (Wildman–Crippen MR) is 111 cm³/mol. The Morgan fingerprint density at radius 3 is 2.70 bits per heavy atom. The summed E-state index contributed by atoms with van der Waals surface area (Å²) in [4.78, 5) is 14.6. The summed E-state index contributed by atoms with van der Waals surface area (Å²) in [5, 5.41) is 0.613. The predicted octanol–water partition coefficient (Wildman–Crippen LogP) is 4.80. The number of likely N-dealkylation sites (tertiary alicyclic amines) is 1. The summed E-state index contributed by atoms with van der Waals surface area (Å²) in [5.74, 6) is 0.216. The Kier molecular flexibility index (Phi) is 4.47. The van der Waals surface area contributed by atoms with Gasteiger partial charge in [0.2, 0.25) is 0 Å². The first-order valence-corrected chi connectivity index (χ1v) is 10.2. The van der Waals surface area contributed by atoms with Crippen molar-refractivity contribution in [2.45, 2.75) is 18.4 Å². The summed E-state index contributed by atoms with van der Waals surface area (Å²) in [6.07, 6.45) is 3.22. The fourth-order valence-corrected chi connectivity index (χ4v) is 4.55. The molecule has 3 heterocycles. The maximum atomic E-state index is 14.4. The van der Waals surface area contributed by atoms with Crippen molar-refractivity contribution >= 4 is 17.5 Å². The van der Waals surface area contributed by atoms with Gasteiger partial charge in [-0.05, 0) is 36.4 Å². The number of carbonyl (C=O) groups is 1. The number of halogens is 2. The molecule has 1 saturated heterocycles. The van der Waals surface area contributed by atoms with Gasteiger partial charge < -0.3 is 18.9 Å². The first-order chi connectivity index (χ1) is 14.5. The minimum Gasteiger partial charge on any atom is -0.497 e. The van der Waals surface area contributed by atoms with E-state index >= 15 is 0 Å². The number of aromatic nitrogens is 1. The Bertz CT molecular complexity index is 1140. The molecule has 0 unspecified atom stereocenters. The molecule has 0 radical (unpaired) electrons. The molecule has 0 N–H and O–H groups in total. The van der Waals surface area contributed by atoms with Gasteiger partial charge in [0.25, 0.3) is 5.91 Å². The molecule has 30 heavy (non-hydrogen) atoms. The zero-order valence-corrected chi connectivity index (χ0v) is 17.2. The number of benzene rings is 2. The molecule has 2 aromatic carbocycles. The van der Waals surface area contributed by atoms with Crippen LogP contribution < -0.4 is 9.47 Å². The van der Waals surface area contributed by atoms with Crippen LogP contribution in [0.2, 0.25) is 5.02 Å². The summed E-state index contributed by atoms with van der Waals surface area (Å²) in [5.41, 5.74) is 1.51. The molecule has 7 heteroatoms. The van der Waals surface area contributed by atoms with E-state index in [4.69, 9.17) is 21.1 Å². The highest BCUT2D eigenvalue weighted by molar-refractivity contribution is 6.30. The lowest BCUT2D eigenvalue weighted by Crippen LogP contribution is -2.50. The Morgan fingerprint density at radius 2 is 1.97 bits per heavy atom. The van der Waals surface area contributed by atoms with Crippen molar-refractivity contribution in [3.63, 3.8) is 0 Å². The molecule has 0 saturated carbocycles. The number of amides is 1. The van der Waals surface area contributed by atoms with Crippen LogP contribution in [0.25, 0.3) is 5.69 Å². The number of fused-ring (bicyclic) bond motifs is 4. The van der Waals surface area contributed by atoms with Crippen LogP contribution in [-0.2, 0) is 5.60 Å².